The minimum Gasteiger partial charge on any atom is -0.296 e. The molecule has 88 valence electrons. The van der Waals surface area contributed by atoms with E-state index in [1.807, 2.05) is 13.2 Å². The Morgan fingerprint density at radius 3 is 2.94 bits per heavy atom. The Labute approximate surface area is 107 Å². The summed E-state index contributed by atoms with van der Waals surface area (Å²) in [5.74, 6) is -0.210. The maximum atomic E-state index is 12.0. The molecule has 0 saturated carbocycles. The van der Waals surface area contributed by atoms with E-state index in [9.17, 15) is 4.79 Å². The first-order valence-electron chi connectivity index (χ1n) is 4.81. The Morgan fingerprint density at radius 1 is 1.47 bits per heavy atom. The number of carbonyl (C=O) groups is 1. The summed E-state index contributed by atoms with van der Waals surface area (Å²) in [5, 5.41) is 12.4. The van der Waals surface area contributed by atoms with E-state index in [2.05, 4.69) is 20.5 Å². The molecule has 2 aromatic heterocycles. The lowest BCUT2D eigenvalue weighted by molar-refractivity contribution is 0.102. The number of nitrogens with one attached hydrogen (secondary N) is 1. The van der Waals surface area contributed by atoms with Gasteiger partial charge in [-0.2, -0.15) is 0 Å². The van der Waals surface area contributed by atoms with Gasteiger partial charge in [0.25, 0.3) is 5.91 Å². The van der Waals surface area contributed by atoms with E-state index in [1.54, 1.807) is 18.3 Å². The van der Waals surface area contributed by atoms with Crippen molar-refractivity contribution in [1.82, 2.24) is 15.2 Å². The summed E-state index contributed by atoms with van der Waals surface area (Å²) in [6.45, 7) is 1.84. The SMILES string of the molecule is CSc1ncccc1C(=O)Nc1nnc(C)s1. The Balaban J connectivity index is 2.20. The predicted molar refractivity (Wildman–Crippen MR) is 68.6 cm³/mol. The molecular weight excluding hydrogens is 256 g/mol. The van der Waals surface area contributed by atoms with Crippen molar-refractivity contribution in [2.24, 2.45) is 0 Å². The van der Waals surface area contributed by atoms with Crippen LogP contribution in [0.3, 0.4) is 0 Å². The topological polar surface area (TPSA) is 67.8 Å². The first kappa shape index (κ1) is 12.0. The highest BCUT2D eigenvalue weighted by molar-refractivity contribution is 7.98. The summed E-state index contributed by atoms with van der Waals surface area (Å²) in [6, 6.07) is 3.47. The van der Waals surface area contributed by atoms with E-state index in [4.69, 9.17) is 0 Å². The molecule has 0 saturated heterocycles. The van der Waals surface area contributed by atoms with Gasteiger partial charge in [-0.1, -0.05) is 11.3 Å². The number of hydrogen-bond acceptors (Lipinski definition) is 6. The number of pyridine rings is 1. The maximum absolute atomic E-state index is 12.0. The van der Waals surface area contributed by atoms with Crippen LogP contribution in [0.4, 0.5) is 5.13 Å². The molecule has 0 unspecified atom stereocenters. The first-order chi connectivity index (χ1) is 8.20. The summed E-state index contributed by atoms with van der Waals surface area (Å²) < 4.78 is 0. The van der Waals surface area contributed by atoms with Crippen LogP contribution in [0.5, 0.6) is 0 Å². The molecule has 0 aromatic carbocycles. The van der Waals surface area contributed by atoms with E-state index in [0.29, 0.717) is 15.7 Å². The zero-order valence-corrected chi connectivity index (χ0v) is 10.9. The molecule has 2 aromatic rings. The minimum atomic E-state index is -0.210. The van der Waals surface area contributed by atoms with Gasteiger partial charge in [0.2, 0.25) is 5.13 Å². The van der Waals surface area contributed by atoms with E-state index in [1.165, 1.54) is 23.1 Å². The monoisotopic (exact) mass is 266 g/mol. The number of hydrogen-bond donors (Lipinski definition) is 1. The van der Waals surface area contributed by atoms with Crippen molar-refractivity contribution < 1.29 is 4.79 Å². The molecule has 5 nitrogen and oxygen atoms in total. The number of rotatable bonds is 3. The van der Waals surface area contributed by atoms with Gasteiger partial charge in [0.15, 0.2) is 0 Å². The third-order valence-electron chi connectivity index (χ3n) is 1.96. The molecule has 1 N–H and O–H groups in total. The van der Waals surface area contributed by atoms with Crippen LogP contribution in [0.15, 0.2) is 23.4 Å². The molecule has 0 bridgehead atoms. The number of aryl methyl sites for hydroxylation is 1. The van der Waals surface area contributed by atoms with Gasteiger partial charge in [-0.15, -0.1) is 22.0 Å². The van der Waals surface area contributed by atoms with Crippen molar-refractivity contribution in [3.8, 4) is 0 Å². The van der Waals surface area contributed by atoms with E-state index in [-0.39, 0.29) is 5.91 Å². The summed E-state index contributed by atoms with van der Waals surface area (Å²) >= 11 is 2.78. The number of anilines is 1. The van der Waals surface area contributed by atoms with Gasteiger partial charge in [-0.05, 0) is 25.3 Å². The van der Waals surface area contributed by atoms with Crippen LogP contribution in [0.1, 0.15) is 15.4 Å². The predicted octanol–water partition coefficient (Wildman–Crippen LogP) is 2.22. The Bertz CT molecular complexity index is 541. The highest BCUT2D eigenvalue weighted by Crippen LogP contribution is 2.19. The molecule has 0 aliphatic rings. The Kier molecular flexibility index (Phi) is 3.70. The average molecular weight is 266 g/mol. The standard InChI is InChI=1S/C10H10N4OS2/c1-6-13-14-10(17-6)12-8(15)7-4-3-5-11-9(7)16-2/h3-5H,1-2H3,(H,12,14,15). The van der Waals surface area contributed by atoms with Crippen molar-refractivity contribution in [2.75, 3.05) is 11.6 Å². The number of amides is 1. The summed E-state index contributed by atoms with van der Waals surface area (Å²) in [5.41, 5.74) is 0.549. The lowest BCUT2D eigenvalue weighted by Crippen LogP contribution is -2.13. The lowest BCUT2D eigenvalue weighted by atomic mass is 10.3. The van der Waals surface area contributed by atoms with Crippen molar-refractivity contribution in [1.29, 1.82) is 0 Å². The maximum Gasteiger partial charge on any atom is 0.260 e. The second kappa shape index (κ2) is 5.24. The van der Waals surface area contributed by atoms with Crippen molar-refractivity contribution in [3.63, 3.8) is 0 Å². The largest absolute Gasteiger partial charge is 0.296 e. The molecule has 0 spiro atoms. The van der Waals surface area contributed by atoms with Gasteiger partial charge in [0.05, 0.1) is 5.56 Å². The van der Waals surface area contributed by atoms with Gasteiger partial charge >= 0.3 is 0 Å². The number of carbonyl (C=O) groups excluding carboxylic acids is 1. The quantitative estimate of drug-likeness (QED) is 0.863. The summed E-state index contributed by atoms with van der Waals surface area (Å²) in [6.07, 6.45) is 3.55. The van der Waals surface area contributed by atoms with Crippen LogP contribution >= 0.6 is 23.1 Å². The van der Waals surface area contributed by atoms with Gasteiger partial charge in [0.1, 0.15) is 10.0 Å². The molecule has 0 fully saturated rings. The smallest absolute Gasteiger partial charge is 0.260 e. The molecule has 1 amide bonds. The van der Waals surface area contributed by atoms with Crippen LogP contribution in [0.25, 0.3) is 0 Å². The number of aromatic nitrogens is 3. The van der Waals surface area contributed by atoms with Crippen molar-refractivity contribution in [2.45, 2.75) is 11.9 Å². The Hall–Kier alpha value is -1.47. The van der Waals surface area contributed by atoms with E-state index in [0.717, 1.165) is 5.01 Å². The second-order valence-electron chi connectivity index (χ2n) is 3.14. The molecule has 0 radical (unpaired) electrons. The number of nitrogens with zero attached hydrogens (tertiary/aromatic N) is 3. The normalized spacial score (nSPS) is 10.2. The molecule has 0 aliphatic carbocycles. The first-order valence-corrected chi connectivity index (χ1v) is 6.85. The molecule has 0 atom stereocenters. The molecule has 0 aliphatic heterocycles. The fraction of sp³-hybridized carbons (Fsp3) is 0.200. The lowest BCUT2D eigenvalue weighted by Gasteiger charge is -2.04. The third kappa shape index (κ3) is 2.80. The average Bonchev–Trinajstić information content (AvgIpc) is 2.74. The van der Waals surface area contributed by atoms with Crippen LogP contribution in [-0.4, -0.2) is 27.3 Å². The third-order valence-corrected chi connectivity index (χ3v) is 3.42. The molecule has 2 rings (SSSR count). The van der Waals surface area contributed by atoms with Crippen LogP contribution in [0, 0.1) is 6.92 Å². The molecule has 2 heterocycles. The van der Waals surface area contributed by atoms with Crippen molar-refractivity contribution in [3.05, 3.63) is 28.9 Å². The zero-order valence-electron chi connectivity index (χ0n) is 9.30. The fourth-order valence-corrected chi connectivity index (χ4v) is 2.37. The van der Waals surface area contributed by atoms with Gasteiger partial charge in [-0.25, -0.2) is 4.98 Å². The summed E-state index contributed by atoms with van der Waals surface area (Å²) in [4.78, 5) is 16.1. The van der Waals surface area contributed by atoms with E-state index < -0.39 is 0 Å². The van der Waals surface area contributed by atoms with E-state index >= 15 is 0 Å². The summed E-state index contributed by atoms with van der Waals surface area (Å²) in [7, 11) is 0. The second-order valence-corrected chi connectivity index (χ2v) is 5.12. The minimum absolute atomic E-state index is 0.210. The van der Waals surface area contributed by atoms with Crippen LogP contribution in [0.2, 0.25) is 0 Å². The Morgan fingerprint density at radius 2 is 2.29 bits per heavy atom. The molecule has 17 heavy (non-hydrogen) atoms. The molecular formula is C10H10N4OS2. The fourth-order valence-electron chi connectivity index (χ4n) is 1.24. The zero-order chi connectivity index (χ0) is 12.3. The van der Waals surface area contributed by atoms with Gasteiger partial charge in [-0.3, -0.25) is 10.1 Å². The number of thioether (sulfide) groups is 1. The van der Waals surface area contributed by atoms with Gasteiger partial charge < -0.3 is 0 Å². The van der Waals surface area contributed by atoms with Crippen molar-refractivity contribution >= 4 is 34.1 Å². The molecule has 7 heteroatoms. The van der Waals surface area contributed by atoms with Gasteiger partial charge in [0, 0.05) is 6.20 Å². The highest BCUT2D eigenvalue weighted by Gasteiger charge is 2.13. The highest BCUT2D eigenvalue weighted by atomic mass is 32.2. The van der Waals surface area contributed by atoms with Crippen LogP contribution < -0.4 is 5.32 Å². The van der Waals surface area contributed by atoms with Crippen LogP contribution in [-0.2, 0) is 0 Å².